The van der Waals surface area contributed by atoms with E-state index in [0.717, 1.165) is 24.2 Å². The summed E-state index contributed by atoms with van der Waals surface area (Å²) in [4.78, 5) is 25.5. The molecule has 1 aliphatic carbocycles. The third-order valence-corrected chi connectivity index (χ3v) is 3.69. The fraction of sp³-hybridized carbons (Fsp3) is 0.222. The summed E-state index contributed by atoms with van der Waals surface area (Å²) < 4.78 is 0. The molecule has 1 saturated carbocycles. The van der Waals surface area contributed by atoms with Crippen LogP contribution in [0.4, 0.5) is 21.9 Å². The summed E-state index contributed by atoms with van der Waals surface area (Å²) >= 11 is 0. The number of rotatable bonds is 4. The molecule has 2 aromatic rings. The minimum Gasteiger partial charge on any atom is -0.310 e. The third-order valence-electron chi connectivity index (χ3n) is 3.69. The van der Waals surface area contributed by atoms with Crippen LogP contribution in [0.1, 0.15) is 19.8 Å². The molecular formula is C18H19N3O2. The zero-order valence-corrected chi connectivity index (χ0v) is 13.0. The summed E-state index contributed by atoms with van der Waals surface area (Å²) in [7, 11) is 0. The summed E-state index contributed by atoms with van der Waals surface area (Å²) in [5.74, 6) is 0.0510. The Bertz CT molecular complexity index is 694. The van der Waals surface area contributed by atoms with Crippen molar-refractivity contribution in [2.45, 2.75) is 25.8 Å². The van der Waals surface area contributed by atoms with Crippen LogP contribution < -0.4 is 15.5 Å². The van der Waals surface area contributed by atoms with Crippen LogP contribution >= 0.6 is 0 Å². The van der Waals surface area contributed by atoms with Crippen LogP contribution in [0.25, 0.3) is 0 Å². The third kappa shape index (κ3) is 3.88. The predicted octanol–water partition coefficient (Wildman–Crippen LogP) is 3.85. The number of carbonyl (C=O) groups is 2. The Morgan fingerprint density at radius 1 is 0.913 bits per heavy atom. The highest BCUT2D eigenvalue weighted by atomic mass is 16.2. The molecule has 5 nitrogen and oxygen atoms in total. The van der Waals surface area contributed by atoms with Gasteiger partial charge in [-0.25, -0.2) is 4.79 Å². The quantitative estimate of drug-likeness (QED) is 0.901. The number of nitrogens with zero attached hydrogens (tertiary/aromatic N) is 1. The van der Waals surface area contributed by atoms with E-state index in [-0.39, 0.29) is 11.9 Å². The average Bonchev–Trinajstić information content (AvgIpc) is 3.34. The van der Waals surface area contributed by atoms with Gasteiger partial charge in [-0.3, -0.25) is 4.79 Å². The maximum atomic E-state index is 11.9. The van der Waals surface area contributed by atoms with E-state index < -0.39 is 0 Å². The van der Waals surface area contributed by atoms with E-state index in [1.54, 1.807) is 19.1 Å². The van der Waals surface area contributed by atoms with E-state index >= 15 is 0 Å². The molecule has 2 aromatic carbocycles. The Balaban J connectivity index is 1.63. The molecule has 0 unspecified atom stereocenters. The summed E-state index contributed by atoms with van der Waals surface area (Å²) in [6, 6.07) is 16.6. The van der Waals surface area contributed by atoms with Gasteiger partial charge in [0.2, 0.25) is 5.91 Å². The van der Waals surface area contributed by atoms with Crippen molar-refractivity contribution < 1.29 is 9.59 Å². The minimum atomic E-state index is -0.297. The monoisotopic (exact) mass is 309 g/mol. The Kier molecular flexibility index (Phi) is 4.28. The number of amides is 3. The molecule has 0 aromatic heterocycles. The number of anilines is 3. The summed E-state index contributed by atoms with van der Waals surface area (Å²) in [5.41, 5.74) is 2.29. The fourth-order valence-electron chi connectivity index (χ4n) is 2.50. The van der Waals surface area contributed by atoms with Crippen LogP contribution in [0, 0.1) is 0 Å². The summed E-state index contributed by atoms with van der Waals surface area (Å²) in [5, 5.41) is 5.54. The van der Waals surface area contributed by atoms with E-state index in [1.807, 2.05) is 47.4 Å². The van der Waals surface area contributed by atoms with Crippen LogP contribution in [0.15, 0.2) is 54.6 Å². The molecule has 0 aliphatic heterocycles. The van der Waals surface area contributed by atoms with Crippen molar-refractivity contribution >= 4 is 29.0 Å². The van der Waals surface area contributed by atoms with E-state index in [0.29, 0.717) is 11.7 Å². The molecule has 1 fully saturated rings. The second-order valence-electron chi connectivity index (χ2n) is 5.61. The lowest BCUT2D eigenvalue weighted by atomic mass is 10.2. The first kappa shape index (κ1) is 15.1. The average molecular weight is 309 g/mol. The van der Waals surface area contributed by atoms with Crippen molar-refractivity contribution in [3.8, 4) is 0 Å². The van der Waals surface area contributed by atoms with Gasteiger partial charge < -0.3 is 15.5 Å². The minimum absolute atomic E-state index is 0.0510. The molecule has 5 heteroatoms. The van der Waals surface area contributed by atoms with Crippen molar-refractivity contribution in [3.63, 3.8) is 0 Å². The van der Waals surface area contributed by atoms with Crippen molar-refractivity contribution in [1.82, 2.24) is 0 Å². The van der Waals surface area contributed by atoms with E-state index in [4.69, 9.17) is 0 Å². The standard InChI is InChI=1S/C18H19N3O2/c1-13(22)21(17-11-12-17)16-9-7-15(8-10-16)20-18(23)19-14-5-3-2-4-6-14/h2-10,17H,11-12H2,1H3,(H2,19,20,23). The fourth-order valence-corrected chi connectivity index (χ4v) is 2.50. The van der Waals surface area contributed by atoms with Crippen molar-refractivity contribution in [3.05, 3.63) is 54.6 Å². The molecule has 0 bridgehead atoms. The molecule has 0 spiro atoms. The maximum Gasteiger partial charge on any atom is 0.323 e. The van der Waals surface area contributed by atoms with Crippen LogP contribution in [-0.4, -0.2) is 18.0 Å². The molecule has 0 heterocycles. The van der Waals surface area contributed by atoms with Crippen molar-refractivity contribution in [2.75, 3.05) is 15.5 Å². The molecule has 0 atom stereocenters. The zero-order chi connectivity index (χ0) is 16.2. The highest BCUT2D eigenvalue weighted by molar-refractivity contribution is 6.00. The number of hydrogen-bond acceptors (Lipinski definition) is 2. The number of hydrogen-bond donors (Lipinski definition) is 2. The molecule has 0 radical (unpaired) electrons. The first-order valence-corrected chi connectivity index (χ1v) is 7.66. The molecule has 1 aliphatic rings. The normalized spacial score (nSPS) is 13.3. The van der Waals surface area contributed by atoms with E-state index in [1.165, 1.54) is 0 Å². The number of carbonyl (C=O) groups excluding carboxylic acids is 2. The van der Waals surface area contributed by atoms with Gasteiger partial charge in [0.1, 0.15) is 0 Å². The Hall–Kier alpha value is -2.82. The molecule has 0 saturated heterocycles. The van der Waals surface area contributed by atoms with Gasteiger partial charge in [0, 0.05) is 30.0 Å². The number of urea groups is 1. The number of para-hydroxylation sites is 1. The second kappa shape index (κ2) is 6.52. The topological polar surface area (TPSA) is 61.4 Å². The molecule has 118 valence electrons. The summed E-state index contributed by atoms with van der Waals surface area (Å²) in [6.07, 6.45) is 2.11. The molecule has 3 rings (SSSR count). The number of benzene rings is 2. The van der Waals surface area contributed by atoms with Crippen LogP contribution in [0.5, 0.6) is 0 Å². The second-order valence-corrected chi connectivity index (χ2v) is 5.61. The van der Waals surface area contributed by atoms with Crippen molar-refractivity contribution in [1.29, 1.82) is 0 Å². The SMILES string of the molecule is CC(=O)N(c1ccc(NC(=O)Nc2ccccc2)cc1)C1CC1. The maximum absolute atomic E-state index is 11.9. The van der Waals surface area contributed by atoms with Crippen molar-refractivity contribution in [2.24, 2.45) is 0 Å². The van der Waals surface area contributed by atoms with Crippen LogP contribution in [0.2, 0.25) is 0 Å². The molecule has 23 heavy (non-hydrogen) atoms. The smallest absolute Gasteiger partial charge is 0.310 e. The van der Waals surface area contributed by atoms with Crippen LogP contribution in [0.3, 0.4) is 0 Å². The molecule has 3 amide bonds. The van der Waals surface area contributed by atoms with E-state index in [2.05, 4.69) is 10.6 Å². The lowest BCUT2D eigenvalue weighted by Gasteiger charge is -2.21. The highest BCUT2D eigenvalue weighted by Crippen LogP contribution is 2.32. The number of nitrogens with one attached hydrogen (secondary N) is 2. The molecular weight excluding hydrogens is 290 g/mol. The van der Waals surface area contributed by atoms with Gasteiger partial charge >= 0.3 is 6.03 Å². The Morgan fingerprint density at radius 2 is 1.48 bits per heavy atom. The first-order chi connectivity index (χ1) is 11.1. The summed E-state index contributed by atoms with van der Waals surface area (Å²) in [6.45, 7) is 1.58. The van der Waals surface area contributed by atoms with Gasteiger partial charge in [0.15, 0.2) is 0 Å². The Morgan fingerprint density at radius 3 is 2.00 bits per heavy atom. The van der Waals surface area contributed by atoms with Gasteiger partial charge in [0.25, 0.3) is 0 Å². The zero-order valence-electron chi connectivity index (χ0n) is 13.0. The largest absolute Gasteiger partial charge is 0.323 e. The van der Waals surface area contributed by atoms with E-state index in [9.17, 15) is 9.59 Å². The van der Waals surface area contributed by atoms with Gasteiger partial charge in [-0.15, -0.1) is 0 Å². The van der Waals surface area contributed by atoms with Crippen LogP contribution in [-0.2, 0) is 4.79 Å². The first-order valence-electron chi connectivity index (χ1n) is 7.66. The molecule has 2 N–H and O–H groups in total. The highest BCUT2D eigenvalue weighted by Gasteiger charge is 2.31. The lowest BCUT2D eigenvalue weighted by molar-refractivity contribution is -0.116. The van der Waals surface area contributed by atoms with Gasteiger partial charge in [-0.05, 0) is 49.2 Å². The van der Waals surface area contributed by atoms with Gasteiger partial charge in [0.05, 0.1) is 0 Å². The lowest BCUT2D eigenvalue weighted by Crippen LogP contribution is -2.30. The van der Waals surface area contributed by atoms with Gasteiger partial charge in [-0.2, -0.15) is 0 Å². The predicted molar refractivity (Wildman–Crippen MR) is 91.7 cm³/mol. The van der Waals surface area contributed by atoms with Gasteiger partial charge in [-0.1, -0.05) is 18.2 Å². The Labute approximate surface area is 135 Å².